The molecule has 11 atom stereocenters. The summed E-state index contributed by atoms with van der Waals surface area (Å²) in [5.41, 5.74) is 2.36. The van der Waals surface area contributed by atoms with Gasteiger partial charge in [0.1, 0.15) is 55.4 Å². The number of piperazine rings is 1. The van der Waals surface area contributed by atoms with Crippen molar-refractivity contribution < 1.29 is 64.2 Å². The third-order valence-electron chi connectivity index (χ3n) is 9.05. The van der Waals surface area contributed by atoms with Gasteiger partial charge in [-0.3, -0.25) is 9.80 Å². The number of carbonyl (C=O) groups excluding carboxylic acids is 1. The van der Waals surface area contributed by atoms with E-state index in [1.54, 1.807) is 0 Å². The van der Waals surface area contributed by atoms with Gasteiger partial charge in [-0.05, 0) is 23.3 Å². The first-order valence-corrected chi connectivity index (χ1v) is 16.6. The Kier molecular flexibility index (Phi) is 13.7. The fraction of sp³-hybridized carbons (Fsp3) is 0.606. The van der Waals surface area contributed by atoms with Gasteiger partial charge < -0.3 is 59.4 Å². The fourth-order valence-corrected chi connectivity index (χ4v) is 6.43. The highest BCUT2D eigenvalue weighted by atomic mass is 35.5. The lowest BCUT2D eigenvalue weighted by atomic mass is 9.96. The van der Waals surface area contributed by atoms with Crippen LogP contribution < -0.4 is 0 Å². The van der Waals surface area contributed by atoms with Crippen LogP contribution in [0.4, 0.5) is 0 Å². The number of rotatable bonds is 13. The number of ether oxygens (including phenoxy) is 5. The van der Waals surface area contributed by atoms with E-state index in [4.69, 9.17) is 35.3 Å². The van der Waals surface area contributed by atoms with Crippen molar-refractivity contribution in [3.05, 3.63) is 70.7 Å². The summed E-state index contributed by atoms with van der Waals surface area (Å²) in [5.74, 6) is -0.875. The molecule has 49 heavy (non-hydrogen) atoms. The van der Waals surface area contributed by atoms with E-state index in [0.29, 0.717) is 11.6 Å². The molecule has 3 heterocycles. The number of aliphatic hydroxyl groups excluding tert-OH is 7. The van der Waals surface area contributed by atoms with Crippen LogP contribution in [0.25, 0.3) is 0 Å². The first-order chi connectivity index (χ1) is 23.6. The molecule has 2 aromatic carbocycles. The van der Waals surface area contributed by atoms with Crippen LogP contribution in [0, 0.1) is 0 Å². The van der Waals surface area contributed by atoms with Crippen molar-refractivity contribution >= 4 is 17.6 Å². The van der Waals surface area contributed by atoms with Gasteiger partial charge in [0.05, 0.1) is 25.9 Å². The quantitative estimate of drug-likeness (QED) is 0.0905. The van der Waals surface area contributed by atoms with Crippen LogP contribution in [-0.2, 0) is 28.5 Å². The number of hydrogen-bond acceptors (Lipinski definition) is 15. The van der Waals surface area contributed by atoms with Gasteiger partial charge in [0, 0.05) is 37.7 Å². The molecule has 0 aliphatic carbocycles. The molecule has 0 amide bonds. The van der Waals surface area contributed by atoms with E-state index in [9.17, 15) is 40.5 Å². The summed E-state index contributed by atoms with van der Waals surface area (Å²) in [6, 6.07) is 18.3. The number of esters is 1. The Bertz CT molecular complexity index is 1300. The zero-order valence-corrected chi connectivity index (χ0v) is 27.5. The average molecular weight is 713 g/mol. The number of benzene rings is 2. The molecule has 2 aromatic rings. The van der Waals surface area contributed by atoms with Crippen molar-refractivity contribution in [1.82, 2.24) is 9.80 Å². The van der Waals surface area contributed by atoms with Crippen molar-refractivity contribution in [2.75, 3.05) is 59.2 Å². The van der Waals surface area contributed by atoms with Crippen molar-refractivity contribution in [3.63, 3.8) is 0 Å². The maximum absolute atomic E-state index is 12.5. The van der Waals surface area contributed by atoms with Crippen molar-refractivity contribution in [3.8, 4) is 0 Å². The minimum Gasteiger partial charge on any atom is -0.431 e. The van der Waals surface area contributed by atoms with Gasteiger partial charge in [-0.2, -0.15) is 0 Å². The molecule has 3 aliphatic rings. The molecule has 0 saturated carbocycles. The third kappa shape index (κ3) is 9.32. The number of carbonyl (C=O) groups is 1. The molecule has 0 aromatic heterocycles. The van der Waals surface area contributed by atoms with Gasteiger partial charge in [0.15, 0.2) is 6.29 Å². The topological polar surface area (TPSA) is 211 Å². The molecule has 7 N–H and O–H groups in total. The average Bonchev–Trinajstić information content (AvgIpc) is 3.12. The molecular formula is C33H45ClN2O13. The summed E-state index contributed by atoms with van der Waals surface area (Å²) in [5, 5.41) is 71.5. The van der Waals surface area contributed by atoms with Crippen LogP contribution in [0.1, 0.15) is 17.2 Å². The van der Waals surface area contributed by atoms with E-state index in [-0.39, 0.29) is 12.6 Å². The van der Waals surface area contributed by atoms with E-state index in [1.807, 2.05) is 30.3 Å². The minimum absolute atomic E-state index is 0.0857. The molecule has 0 bridgehead atoms. The van der Waals surface area contributed by atoms with Crippen LogP contribution in [0.5, 0.6) is 0 Å². The van der Waals surface area contributed by atoms with E-state index in [0.717, 1.165) is 31.7 Å². The highest BCUT2D eigenvalue weighted by molar-refractivity contribution is 6.30. The SMILES string of the molecule is O=C(COCCN1CCN(C(c2ccccc2)c2ccc(Cl)cc2)CC1)OC1OC(CO)C(OC2OC(CO)C(O)C(O)C2O)C(O)C1O. The number of nitrogens with zero attached hydrogens (tertiary/aromatic N) is 2. The predicted octanol–water partition coefficient (Wildman–Crippen LogP) is -1.77. The first kappa shape index (κ1) is 37.9. The minimum atomic E-state index is -1.83. The standard InChI is InChI=1S/C33H45ClN2O13/c34-21-8-6-20(7-9-21)25(19-4-2-1-3-5-19)36-12-10-35(11-13-36)14-15-45-18-24(39)48-32-30(44)28(42)31(23(17-38)47-32)49-33-29(43)27(41)26(40)22(16-37)46-33/h1-9,22-23,25-33,37-38,40-44H,10-18H2. The smallest absolute Gasteiger partial charge is 0.334 e. The van der Waals surface area contributed by atoms with Crippen LogP contribution in [0.2, 0.25) is 5.02 Å². The van der Waals surface area contributed by atoms with Gasteiger partial charge in [0.25, 0.3) is 0 Å². The van der Waals surface area contributed by atoms with Gasteiger partial charge >= 0.3 is 5.97 Å². The Morgan fingerprint density at radius 3 is 2.04 bits per heavy atom. The third-order valence-corrected chi connectivity index (χ3v) is 9.30. The number of halogens is 1. The Labute approximate surface area is 288 Å². The second-order valence-corrected chi connectivity index (χ2v) is 12.7. The fourth-order valence-electron chi connectivity index (χ4n) is 6.31. The summed E-state index contributed by atoms with van der Waals surface area (Å²) in [4.78, 5) is 17.2. The Balaban J connectivity index is 1.05. The van der Waals surface area contributed by atoms with Crippen LogP contribution >= 0.6 is 11.6 Å². The summed E-state index contributed by atoms with van der Waals surface area (Å²) < 4.78 is 27.0. The Morgan fingerprint density at radius 2 is 1.39 bits per heavy atom. The van der Waals surface area contributed by atoms with Crippen molar-refractivity contribution in [2.45, 2.75) is 67.5 Å². The summed E-state index contributed by atoms with van der Waals surface area (Å²) in [6.07, 6.45) is -16.3. The summed E-state index contributed by atoms with van der Waals surface area (Å²) in [6.45, 7) is 2.10. The molecule has 5 rings (SSSR count). The summed E-state index contributed by atoms with van der Waals surface area (Å²) in [7, 11) is 0. The lowest BCUT2D eigenvalue weighted by Crippen LogP contribution is -2.64. The summed E-state index contributed by atoms with van der Waals surface area (Å²) >= 11 is 6.14. The Morgan fingerprint density at radius 1 is 0.776 bits per heavy atom. The van der Waals surface area contributed by atoms with Gasteiger partial charge in [0.2, 0.25) is 6.29 Å². The van der Waals surface area contributed by atoms with Crippen LogP contribution in [-0.4, -0.2) is 172 Å². The Hall–Kier alpha value is -2.32. The molecule has 16 heteroatoms. The predicted molar refractivity (Wildman–Crippen MR) is 171 cm³/mol. The molecule has 11 unspecified atom stereocenters. The molecule has 272 valence electrons. The van der Waals surface area contributed by atoms with Gasteiger partial charge in [-0.25, -0.2) is 4.79 Å². The molecule has 0 spiro atoms. The normalized spacial score (nSPS) is 33.6. The number of aliphatic hydroxyl groups is 7. The van der Waals surface area contributed by atoms with E-state index >= 15 is 0 Å². The first-order valence-electron chi connectivity index (χ1n) is 16.2. The second-order valence-electron chi connectivity index (χ2n) is 12.3. The number of hydrogen-bond donors (Lipinski definition) is 7. The van der Waals surface area contributed by atoms with E-state index in [1.165, 1.54) is 5.56 Å². The van der Waals surface area contributed by atoms with Crippen LogP contribution in [0.15, 0.2) is 54.6 Å². The maximum atomic E-state index is 12.5. The largest absolute Gasteiger partial charge is 0.431 e. The van der Waals surface area contributed by atoms with Crippen molar-refractivity contribution in [1.29, 1.82) is 0 Å². The zero-order chi connectivity index (χ0) is 35.1. The lowest BCUT2D eigenvalue weighted by molar-refractivity contribution is -0.356. The molecule has 3 fully saturated rings. The lowest BCUT2D eigenvalue weighted by Gasteiger charge is -2.45. The highest BCUT2D eigenvalue weighted by Gasteiger charge is 2.51. The molecular weight excluding hydrogens is 668 g/mol. The van der Waals surface area contributed by atoms with Crippen LogP contribution in [0.3, 0.4) is 0 Å². The monoisotopic (exact) mass is 712 g/mol. The second kappa shape index (κ2) is 17.7. The van der Waals surface area contributed by atoms with E-state index < -0.39 is 87.2 Å². The highest BCUT2D eigenvalue weighted by Crippen LogP contribution is 2.31. The van der Waals surface area contributed by atoms with Gasteiger partial charge in [-0.15, -0.1) is 0 Å². The molecule has 0 radical (unpaired) electrons. The van der Waals surface area contributed by atoms with Gasteiger partial charge in [-0.1, -0.05) is 54.1 Å². The molecule has 3 aliphatic heterocycles. The molecule has 3 saturated heterocycles. The van der Waals surface area contributed by atoms with E-state index in [2.05, 4.69) is 34.1 Å². The maximum Gasteiger partial charge on any atom is 0.334 e. The zero-order valence-electron chi connectivity index (χ0n) is 26.8. The van der Waals surface area contributed by atoms with Crippen molar-refractivity contribution in [2.24, 2.45) is 0 Å². The molecule has 15 nitrogen and oxygen atoms in total.